The van der Waals surface area contributed by atoms with Crippen molar-refractivity contribution in [1.82, 2.24) is 4.90 Å². The lowest BCUT2D eigenvalue weighted by molar-refractivity contribution is 0.0839. The van der Waals surface area contributed by atoms with Gasteiger partial charge in [-0.3, -0.25) is 9.79 Å². The third-order valence-electron chi connectivity index (χ3n) is 5.50. The van der Waals surface area contributed by atoms with Gasteiger partial charge in [-0.2, -0.15) is 0 Å². The zero-order valence-corrected chi connectivity index (χ0v) is 18.9. The fraction of sp³-hybridized carbons (Fsp3) is 0.308. The van der Waals surface area contributed by atoms with Gasteiger partial charge in [-0.15, -0.1) is 0 Å². The van der Waals surface area contributed by atoms with Crippen LogP contribution >= 0.6 is 11.8 Å². The predicted molar refractivity (Wildman–Crippen MR) is 130 cm³/mol. The molecule has 0 saturated heterocycles. The number of Topliss-reactive ketones (excluding diaryl/α,β-unsaturated/α-hetero) is 1. The number of aliphatic hydroxyl groups excluding tert-OH is 1. The molecule has 0 amide bonds. The smallest absolute Gasteiger partial charge is 0.162 e. The van der Waals surface area contributed by atoms with E-state index in [1.165, 1.54) is 5.56 Å². The number of hydrogen-bond acceptors (Lipinski definition) is 6. The normalized spacial score (nSPS) is 20.1. The van der Waals surface area contributed by atoms with Crippen molar-refractivity contribution in [2.24, 2.45) is 4.99 Å². The molecule has 1 heterocycles. The molecule has 0 aromatic heterocycles. The average molecular weight is 449 g/mol. The minimum absolute atomic E-state index is 0.0787. The van der Waals surface area contributed by atoms with Gasteiger partial charge in [0.05, 0.1) is 12.1 Å². The first-order chi connectivity index (χ1) is 15.6. The fourth-order valence-corrected chi connectivity index (χ4v) is 4.82. The summed E-state index contributed by atoms with van der Waals surface area (Å²) < 4.78 is 5.78. The minimum Gasteiger partial charge on any atom is -0.491 e. The van der Waals surface area contributed by atoms with E-state index in [-0.39, 0.29) is 24.5 Å². The van der Waals surface area contributed by atoms with Gasteiger partial charge in [0.15, 0.2) is 11.0 Å². The van der Waals surface area contributed by atoms with Crippen LogP contribution in [-0.4, -0.2) is 52.3 Å². The van der Waals surface area contributed by atoms with Crippen LogP contribution in [0.25, 0.3) is 0 Å². The number of carbonyl (C=O) groups is 1. The van der Waals surface area contributed by atoms with Crippen LogP contribution in [0.2, 0.25) is 0 Å². The molecule has 0 spiro atoms. The number of fused-ring (bicyclic) bond motifs is 1. The minimum atomic E-state index is -0.674. The Balaban J connectivity index is 1.35. The highest BCUT2D eigenvalue weighted by Crippen LogP contribution is 2.29. The Labute approximate surface area is 193 Å². The van der Waals surface area contributed by atoms with Gasteiger partial charge in [0.1, 0.15) is 18.5 Å². The van der Waals surface area contributed by atoms with E-state index in [1.54, 1.807) is 36.0 Å². The van der Waals surface area contributed by atoms with Gasteiger partial charge in [0, 0.05) is 24.3 Å². The number of rotatable bonds is 9. The van der Waals surface area contributed by atoms with Crippen molar-refractivity contribution < 1.29 is 14.6 Å². The van der Waals surface area contributed by atoms with Crippen molar-refractivity contribution in [1.29, 1.82) is 0 Å². The van der Waals surface area contributed by atoms with E-state index >= 15 is 0 Å². The summed E-state index contributed by atoms with van der Waals surface area (Å²) in [5, 5.41) is 11.7. The molecule has 4 rings (SSSR count). The highest BCUT2D eigenvalue weighted by atomic mass is 32.2. The Bertz CT molecular complexity index is 1000. The van der Waals surface area contributed by atoms with Gasteiger partial charge in [0.2, 0.25) is 0 Å². The van der Waals surface area contributed by atoms with E-state index in [1.807, 2.05) is 37.3 Å². The van der Waals surface area contributed by atoms with Crippen LogP contribution in [-0.2, 0) is 5.75 Å². The second-order valence-corrected chi connectivity index (χ2v) is 8.80. The summed E-state index contributed by atoms with van der Waals surface area (Å²) in [6.07, 6.45) is 8.12. The number of amidine groups is 1. The van der Waals surface area contributed by atoms with E-state index < -0.39 is 6.10 Å². The maximum Gasteiger partial charge on any atom is 0.162 e. The molecule has 0 fully saturated rings. The number of ether oxygens (including phenoxy) is 1. The lowest BCUT2D eigenvalue weighted by Gasteiger charge is -2.30. The number of carbonyl (C=O) groups excluding carboxylic acids is 1. The van der Waals surface area contributed by atoms with Crippen molar-refractivity contribution in [3.8, 4) is 5.75 Å². The Morgan fingerprint density at radius 3 is 2.62 bits per heavy atom. The highest BCUT2D eigenvalue weighted by molar-refractivity contribution is 8.13. The molecular weight excluding hydrogens is 420 g/mol. The van der Waals surface area contributed by atoms with Gasteiger partial charge in [-0.05, 0) is 29.8 Å². The molecule has 5 nitrogen and oxygen atoms in total. The Kier molecular flexibility index (Phi) is 7.45. The fourth-order valence-electron chi connectivity index (χ4n) is 3.78. The molecule has 6 heteroatoms. The zero-order valence-electron chi connectivity index (χ0n) is 18.1. The van der Waals surface area contributed by atoms with Crippen LogP contribution in [0.3, 0.4) is 0 Å². The lowest BCUT2D eigenvalue weighted by Crippen LogP contribution is -2.43. The number of ketones is 1. The van der Waals surface area contributed by atoms with Crippen LogP contribution in [0.1, 0.15) is 29.3 Å². The molecule has 0 unspecified atom stereocenters. The van der Waals surface area contributed by atoms with Crippen LogP contribution in [0.15, 0.2) is 83.9 Å². The van der Waals surface area contributed by atoms with E-state index in [0.717, 1.165) is 10.9 Å². The molecule has 0 bridgehead atoms. The monoisotopic (exact) mass is 448 g/mol. The van der Waals surface area contributed by atoms with E-state index in [2.05, 4.69) is 29.2 Å². The molecule has 0 saturated carbocycles. The standard InChI is InChI=1S/C26H28N2O3S/c1-2-25(30)20-12-14-22(15-13-20)31-17-21(29)16-28-24-11-7-6-10-23(24)27-26(28)32-18-19-8-4-3-5-9-19/h3-15,21,23-24,29H,2,16-18H2,1H3/t21-,23-,24+/m1/s1. The first-order valence-corrected chi connectivity index (χ1v) is 11.9. The first kappa shape index (κ1) is 22.4. The van der Waals surface area contributed by atoms with E-state index in [0.29, 0.717) is 24.3 Å². The number of benzene rings is 2. The molecule has 1 N–H and O–H groups in total. The summed E-state index contributed by atoms with van der Waals surface area (Å²) >= 11 is 1.70. The summed E-state index contributed by atoms with van der Waals surface area (Å²) in [4.78, 5) is 18.8. The molecule has 3 atom stereocenters. The molecule has 0 radical (unpaired) electrons. The summed E-state index contributed by atoms with van der Waals surface area (Å²) in [5.41, 5.74) is 1.92. The van der Waals surface area contributed by atoms with Crippen molar-refractivity contribution in [2.45, 2.75) is 37.3 Å². The Morgan fingerprint density at radius 2 is 1.88 bits per heavy atom. The number of nitrogens with zero attached hydrogens (tertiary/aromatic N) is 2. The lowest BCUT2D eigenvalue weighted by atomic mass is 10.0. The largest absolute Gasteiger partial charge is 0.491 e. The number of hydrogen-bond donors (Lipinski definition) is 1. The number of allylic oxidation sites excluding steroid dienone is 2. The molecule has 1 aliphatic carbocycles. The summed E-state index contributed by atoms with van der Waals surface area (Å²) in [6, 6.07) is 17.6. The second-order valence-electron chi connectivity index (χ2n) is 7.86. The van der Waals surface area contributed by atoms with Crippen molar-refractivity contribution in [2.75, 3.05) is 13.2 Å². The molecular formula is C26H28N2O3S. The molecule has 2 aromatic rings. The Morgan fingerprint density at radius 1 is 1.12 bits per heavy atom. The van der Waals surface area contributed by atoms with E-state index in [4.69, 9.17) is 9.73 Å². The topological polar surface area (TPSA) is 62.1 Å². The van der Waals surface area contributed by atoms with Crippen molar-refractivity contribution >= 4 is 22.7 Å². The van der Waals surface area contributed by atoms with Gasteiger partial charge >= 0.3 is 0 Å². The zero-order chi connectivity index (χ0) is 22.3. The van der Waals surface area contributed by atoms with Gasteiger partial charge < -0.3 is 14.7 Å². The number of aliphatic imine (C=N–C) groups is 1. The van der Waals surface area contributed by atoms with Crippen molar-refractivity contribution in [3.05, 3.63) is 90.0 Å². The van der Waals surface area contributed by atoms with Crippen LogP contribution in [0, 0.1) is 0 Å². The third kappa shape index (κ3) is 5.50. The molecule has 1 aliphatic heterocycles. The predicted octanol–water partition coefficient (Wildman–Crippen LogP) is 4.49. The number of aliphatic hydroxyl groups is 1. The van der Waals surface area contributed by atoms with E-state index in [9.17, 15) is 9.90 Å². The number of β-amino-alcohol motifs (C(OH)–C–C–N with tert-alkyl or cyclic N) is 1. The van der Waals surface area contributed by atoms with Gasteiger partial charge in [-0.1, -0.05) is 73.3 Å². The SMILES string of the molecule is CCC(=O)c1ccc(OC[C@H](O)CN2C(SCc3ccccc3)=N[C@@H]3C=CC=C[C@@H]32)cc1. The van der Waals surface area contributed by atoms with Gasteiger partial charge in [-0.25, -0.2) is 0 Å². The summed E-state index contributed by atoms with van der Waals surface area (Å²) in [6.45, 7) is 2.45. The highest BCUT2D eigenvalue weighted by Gasteiger charge is 2.35. The van der Waals surface area contributed by atoms with Crippen LogP contribution in [0.5, 0.6) is 5.75 Å². The quantitative estimate of drug-likeness (QED) is 0.573. The summed E-state index contributed by atoms with van der Waals surface area (Å²) in [7, 11) is 0. The molecule has 166 valence electrons. The number of thioether (sulfide) groups is 1. The van der Waals surface area contributed by atoms with Crippen LogP contribution < -0.4 is 4.74 Å². The Hall–Kier alpha value is -2.83. The molecule has 32 heavy (non-hydrogen) atoms. The third-order valence-corrected chi connectivity index (χ3v) is 6.58. The average Bonchev–Trinajstić information content (AvgIpc) is 3.19. The maximum atomic E-state index is 11.8. The van der Waals surface area contributed by atoms with Crippen LogP contribution in [0.4, 0.5) is 0 Å². The van der Waals surface area contributed by atoms with Gasteiger partial charge in [0.25, 0.3) is 0 Å². The molecule has 2 aromatic carbocycles. The summed E-state index contributed by atoms with van der Waals surface area (Å²) in [5.74, 6) is 1.58. The van der Waals surface area contributed by atoms with Crippen molar-refractivity contribution in [3.63, 3.8) is 0 Å². The first-order valence-electron chi connectivity index (χ1n) is 10.9. The maximum absolute atomic E-state index is 11.8. The second kappa shape index (κ2) is 10.7. The molecule has 2 aliphatic rings.